The minimum absolute atomic E-state index is 0.00134. The molecule has 0 spiro atoms. The lowest BCUT2D eigenvalue weighted by molar-refractivity contribution is -0.123. The first-order chi connectivity index (χ1) is 12.6. The number of amides is 1. The van der Waals surface area contributed by atoms with Gasteiger partial charge in [0, 0.05) is 19.6 Å². The van der Waals surface area contributed by atoms with Crippen LogP contribution in [0.15, 0.2) is 41.0 Å². The van der Waals surface area contributed by atoms with E-state index in [0.717, 1.165) is 35.7 Å². The minimum Gasteiger partial charge on any atom is -0.483 e. The molecule has 0 saturated carbocycles. The fourth-order valence-electron chi connectivity index (χ4n) is 3.07. The summed E-state index contributed by atoms with van der Waals surface area (Å²) in [5, 5.41) is 2.97. The average molecular weight is 358 g/mol. The van der Waals surface area contributed by atoms with Gasteiger partial charge in [-0.25, -0.2) is 0 Å². The Labute approximate surface area is 154 Å². The number of aryl methyl sites for hydroxylation is 1. The molecule has 1 aromatic heterocycles. The first-order valence-electron chi connectivity index (χ1n) is 8.96. The Morgan fingerprint density at radius 1 is 1.23 bits per heavy atom. The van der Waals surface area contributed by atoms with Crippen LogP contribution in [0.3, 0.4) is 0 Å². The molecule has 140 valence electrons. The van der Waals surface area contributed by atoms with E-state index in [9.17, 15) is 4.79 Å². The van der Waals surface area contributed by atoms with Gasteiger partial charge in [-0.2, -0.15) is 0 Å². The summed E-state index contributed by atoms with van der Waals surface area (Å²) in [7, 11) is 0. The summed E-state index contributed by atoms with van der Waals surface area (Å²) in [6, 6.07) is 9.65. The van der Waals surface area contributed by atoms with Crippen molar-refractivity contribution in [1.29, 1.82) is 0 Å². The van der Waals surface area contributed by atoms with E-state index in [4.69, 9.17) is 13.9 Å². The predicted octanol–water partition coefficient (Wildman–Crippen LogP) is 2.46. The molecule has 1 amide bonds. The molecule has 1 atom stereocenters. The van der Waals surface area contributed by atoms with Gasteiger partial charge in [0.15, 0.2) is 6.61 Å². The molecule has 1 N–H and O–H groups in total. The highest BCUT2D eigenvalue weighted by molar-refractivity contribution is 5.77. The zero-order valence-electron chi connectivity index (χ0n) is 15.4. The van der Waals surface area contributed by atoms with Crippen LogP contribution in [0.4, 0.5) is 0 Å². The molecule has 1 aliphatic rings. The molecule has 1 aliphatic heterocycles. The highest BCUT2D eigenvalue weighted by Gasteiger charge is 2.25. The monoisotopic (exact) mass is 358 g/mol. The number of hydrogen-bond acceptors (Lipinski definition) is 5. The van der Waals surface area contributed by atoms with E-state index in [-0.39, 0.29) is 18.6 Å². The molecular formula is C20H26N2O4. The number of nitrogens with zero attached hydrogens (tertiary/aromatic N) is 1. The molecule has 0 aliphatic carbocycles. The number of ether oxygens (including phenoxy) is 2. The number of carbonyl (C=O) groups is 1. The molecule has 26 heavy (non-hydrogen) atoms. The van der Waals surface area contributed by atoms with Gasteiger partial charge in [0.05, 0.1) is 25.5 Å². The van der Waals surface area contributed by atoms with E-state index in [1.54, 1.807) is 6.26 Å². The van der Waals surface area contributed by atoms with Crippen molar-refractivity contribution in [2.24, 2.45) is 0 Å². The number of carbonyl (C=O) groups excluding carboxylic acids is 1. The molecular weight excluding hydrogens is 332 g/mol. The van der Waals surface area contributed by atoms with Crippen LogP contribution >= 0.6 is 0 Å². The highest BCUT2D eigenvalue weighted by Crippen LogP contribution is 2.22. The van der Waals surface area contributed by atoms with E-state index < -0.39 is 0 Å². The van der Waals surface area contributed by atoms with E-state index >= 15 is 0 Å². The maximum atomic E-state index is 12.3. The third-order valence-electron chi connectivity index (χ3n) is 4.76. The quantitative estimate of drug-likeness (QED) is 0.824. The Morgan fingerprint density at radius 2 is 2.04 bits per heavy atom. The molecule has 1 aromatic carbocycles. The number of rotatable bonds is 7. The second kappa shape index (κ2) is 8.87. The zero-order chi connectivity index (χ0) is 18.4. The van der Waals surface area contributed by atoms with Crippen molar-refractivity contribution in [2.75, 3.05) is 39.5 Å². The Morgan fingerprint density at radius 3 is 2.77 bits per heavy atom. The fraction of sp³-hybridized carbons (Fsp3) is 0.450. The van der Waals surface area contributed by atoms with Gasteiger partial charge in [-0.3, -0.25) is 9.69 Å². The van der Waals surface area contributed by atoms with Crippen molar-refractivity contribution < 1.29 is 18.7 Å². The number of morpholine rings is 1. The fourth-order valence-corrected chi connectivity index (χ4v) is 3.07. The van der Waals surface area contributed by atoms with Gasteiger partial charge in [0.25, 0.3) is 5.91 Å². The van der Waals surface area contributed by atoms with Crippen LogP contribution in [0.5, 0.6) is 5.75 Å². The largest absolute Gasteiger partial charge is 0.483 e. The molecule has 2 aromatic rings. The molecule has 0 bridgehead atoms. The van der Waals surface area contributed by atoms with Gasteiger partial charge in [-0.05, 0) is 43.2 Å². The van der Waals surface area contributed by atoms with Gasteiger partial charge in [0.2, 0.25) is 0 Å². The third kappa shape index (κ3) is 4.65. The predicted molar refractivity (Wildman–Crippen MR) is 98.3 cm³/mol. The summed E-state index contributed by atoms with van der Waals surface area (Å²) >= 11 is 0. The number of furan rings is 1. The third-order valence-corrected chi connectivity index (χ3v) is 4.76. The topological polar surface area (TPSA) is 63.9 Å². The minimum atomic E-state index is -0.143. The van der Waals surface area contributed by atoms with Crippen molar-refractivity contribution in [1.82, 2.24) is 10.2 Å². The van der Waals surface area contributed by atoms with Gasteiger partial charge in [-0.15, -0.1) is 0 Å². The van der Waals surface area contributed by atoms with Crippen LogP contribution in [-0.2, 0) is 9.53 Å². The standard InChI is InChI=1S/C20H26N2O4/c1-15-5-3-6-18(16(15)2)26-14-20(23)21-13-17(19-7-4-10-25-19)22-8-11-24-12-9-22/h3-7,10,17H,8-9,11-14H2,1-2H3,(H,21,23). The second-order valence-electron chi connectivity index (χ2n) is 6.47. The maximum absolute atomic E-state index is 12.3. The molecule has 1 saturated heterocycles. The average Bonchev–Trinajstić information content (AvgIpc) is 3.18. The van der Waals surface area contributed by atoms with Crippen molar-refractivity contribution in [2.45, 2.75) is 19.9 Å². The zero-order valence-corrected chi connectivity index (χ0v) is 15.4. The molecule has 2 heterocycles. The summed E-state index contributed by atoms with van der Waals surface area (Å²) in [4.78, 5) is 14.5. The smallest absolute Gasteiger partial charge is 0.258 e. The highest BCUT2D eigenvalue weighted by atomic mass is 16.5. The molecule has 1 fully saturated rings. The number of nitrogens with one attached hydrogen (secondary N) is 1. The number of benzene rings is 1. The van der Waals surface area contributed by atoms with Crippen molar-refractivity contribution >= 4 is 5.91 Å². The van der Waals surface area contributed by atoms with Crippen LogP contribution in [-0.4, -0.2) is 50.3 Å². The molecule has 6 nitrogen and oxygen atoms in total. The number of hydrogen-bond donors (Lipinski definition) is 1. The Balaban J connectivity index is 1.54. The normalized spacial score (nSPS) is 16.2. The van der Waals surface area contributed by atoms with Crippen LogP contribution in [0.2, 0.25) is 0 Å². The SMILES string of the molecule is Cc1cccc(OCC(=O)NCC(c2ccco2)N2CCOCC2)c1C. The summed E-state index contributed by atoms with van der Waals surface area (Å²) < 4.78 is 16.7. The van der Waals surface area contributed by atoms with Crippen LogP contribution in [0.25, 0.3) is 0 Å². The molecule has 6 heteroatoms. The summed E-state index contributed by atoms with van der Waals surface area (Å²) in [6.07, 6.45) is 1.66. The van der Waals surface area contributed by atoms with Crippen molar-refractivity contribution in [3.8, 4) is 5.75 Å². The first-order valence-corrected chi connectivity index (χ1v) is 8.96. The van der Waals surface area contributed by atoms with E-state index in [1.807, 2.05) is 44.2 Å². The Bertz CT molecular complexity index is 709. The van der Waals surface area contributed by atoms with Gasteiger partial charge in [-0.1, -0.05) is 12.1 Å². The van der Waals surface area contributed by atoms with Gasteiger partial charge in [0.1, 0.15) is 11.5 Å². The molecule has 0 radical (unpaired) electrons. The Kier molecular flexibility index (Phi) is 6.30. The van der Waals surface area contributed by atoms with Crippen LogP contribution in [0.1, 0.15) is 22.9 Å². The maximum Gasteiger partial charge on any atom is 0.258 e. The summed E-state index contributed by atoms with van der Waals surface area (Å²) in [5.41, 5.74) is 2.20. The van der Waals surface area contributed by atoms with Crippen molar-refractivity contribution in [3.05, 3.63) is 53.5 Å². The van der Waals surface area contributed by atoms with E-state index in [0.29, 0.717) is 19.8 Å². The summed E-state index contributed by atoms with van der Waals surface area (Å²) in [6.45, 7) is 7.52. The summed E-state index contributed by atoms with van der Waals surface area (Å²) in [5.74, 6) is 1.45. The molecule has 1 unspecified atom stereocenters. The lowest BCUT2D eigenvalue weighted by Crippen LogP contribution is -2.44. The first kappa shape index (κ1) is 18.5. The Hall–Kier alpha value is -2.31. The molecule has 3 rings (SSSR count). The van der Waals surface area contributed by atoms with Gasteiger partial charge >= 0.3 is 0 Å². The van der Waals surface area contributed by atoms with E-state index in [2.05, 4.69) is 10.2 Å². The van der Waals surface area contributed by atoms with Gasteiger partial charge < -0.3 is 19.2 Å². The van der Waals surface area contributed by atoms with Crippen LogP contribution < -0.4 is 10.1 Å². The van der Waals surface area contributed by atoms with Crippen LogP contribution in [0, 0.1) is 13.8 Å². The lowest BCUT2D eigenvalue weighted by Gasteiger charge is -2.33. The second-order valence-corrected chi connectivity index (χ2v) is 6.47. The van der Waals surface area contributed by atoms with Crippen molar-refractivity contribution in [3.63, 3.8) is 0 Å². The van der Waals surface area contributed by atoms with E-state index in [1.165, 1.54) is 0 Å². The lowest BCUT2D eigenvalue weighted by atomic mass is 10.1.